The molecule has 0 bridgehead atoms. The SMILES string of the molecule is CN1CCO[C@@H](CN(CC2CC2)C(=O)[C@@H]2CC23CCOCC3)C1. The Hall–Kier alpha value is -0.650. The van der Waals surface area contributed by atoms with Crippen molar-refractivity contribution in [3.8, 4) is 0 Å². The summed E-state index contributed by atoms with van der Waals surface area (Å²) in [6.07, 6.45) is 5.99. The fraction of sp³-hybridized carbons (Fsp3) is 0.944. The molecule has 2 saturated carbocycles. The quantitative estimate of drug-likeness (QED) is 0.767. The molecule has 2 heterocycles. The smallest absolute Gasteiger partial charge is 0.226 e. The third-order valence-corrected chi connectivity index (χ3v) is 6.23. The molecule has 1 spiro atoms. The summed E-state index contributed by atoms with van der Waals surface area (Å²) in [7, 11) is 2.14. The average Bonchev–Trinajstić information content (AvgIpc) is 3.46. The first-order chi connectivity index (χ1) is 11.2. The maximum atomic E-state index is 13.1. The van der Waals surface area contributed by atoms with E-state index in [-0.39, 0.29) is 17.4 Å². The van der Waals surface area contributed by atoms with Gasteiger partial charge in [-0.05, 0) is 50.5 Å². The van der Waals surface area contributed by atoms with Gasteiger partial charge >= 0.3 is 0 Å². The maximum Gasteiger partial charge on any atom is 0.226 e. The highest BCUT2D eigenvalue weighted by atomic mass is 16.5. The van der Waals surface area contributed by atoms with E-state index in [9.17, 15) is 4.79 Å². The molecule has 2 saturated heterocycles. The van der Waals surface area contributed by atoms with Crippen molar-refractivity contribution in [1.82, 2.24) is 9.80 Å². The molecule has 2 aliphatic carbocycles. The van der Waals surface area contributed by atoms with E-state index in [1.807, 2.05) is 0 Å². The number of nitrogens with zero attached hydrogens (tertiary/aromatic N) is 2. The van der Waals surface area contributed by atoms with Crippen LogP contribution in [0.4, 0.5) is 0 Å². The number of rotatable bonds is 5. The summed E-state index contributed by atoms with van der Waals surface area (Å²) in [5.41, 5.74) is 0.279. The molecular weight excluding hydrogens is 292 g/mol. The van der Waals surface area contributed by atoms with Gasteiger partial charge in [0.05, 0.1) is 12.7 Å². The van der Waals surface area contributed by atoms with Gasteiger partial charge in [-0.25, -0.2) is 0 Å². The van der Waals surface area contributed by atoms with Crippen LogP contribution in [0, 0.1) is 17.3 Å². The van der Waals surface area contributed by atoms with Crippen molar-refractivity contribution in [2.45, 2.75) is 38.2 Å². The molecule has 5 nitrogen and oxygen atoms in total. The molecule has 130 valence electrons. The van der Waals surface area contributed by atoms with Crippen molar-refractivity contribution in [2.24, 2.45) is 17.3 Å². The van der Waals surface area contributed by atoms with Crippen LogP contribution in [0.5, 0.6) is 0 Å². The van der Waals surface area contributed by atoms with E-state index in [1.165, 1.54) is 12.8 Å². The number of carbonyl (C=O) groups excluding carboxylic acids is 1. The Kier molecular flexibility index (Phi) is 4.37. The molecule has 4 fully saturated rings. The van der Waals surface area contributed by atoms with E-state index in [4.69, 9.17) is 9.47 Å². The fourth-order valence-electron chi connectivity index (χ4n) is 4.34. The van der Waals surface area contributed by atoms with Gasteiger partial charge in [-0.1, -0.05) is 0 Å². The number of hydrogen-bond donors (Lipinski definition) is 0. The summed E-state index contributed by atoms with van der Waals surface area (Å²) in [5, 5.41) is 0. The third kappa shape index (κ3) is 3.57. The minimum atomic E-state index is 0.181. The zero-order valence-electron chi connectivity index (χ0n) is 14.3. The monoisotopic (exact) mass is 322 g/mol. The molecular formula is C18H30N2O3. The van der Waals surface area contributed by atoms with Crippen molar-refractivity contribution in [3.63, 3.8) is 0 Å². The molecule has 0 aromatic rings. The highest BCUT2D eigenvalue weighted by Crippen LogP contribution is 2.59. The first-order valence-electron chi connectivity index (χ1n) is 9.33. The van der Waals surface area contributed by atoms with Crippen LogP contribution in [0.1, 0.15) is 32.1 Å². The number of likely N-dealkylation sites (N-methyl/N-ethyl adjacent to an activating group) is 1. The third-order valence-electron chi connectivity index (χ3n) is 6.23. The summed E-state index contributed by atoms with van der Waals surface area (Å²) in [6.45, 7) is 6.13. The molecule has 5 heteroatoms. The van der Waals surface area contributed by atoms with Crippen LogP contribution in [0.2, 0.25) is 0 Å². The van der Waals surface area contributed by atoms with Gasteiger partial charge in [-0.15, -0.1) is 0 Å². The lowest BCUT2D eigenvalue weighted by molar-refractivity contribution is -0.137. The largest absolute Gasteiger partial charge is 0.381 e. The molecule has 0 N–H and O–H groups in total. The van der Waals surface area contributed by atoms with Crippen LogP contribution in [0.15, 0.2) is 0 Å². The molecule has 2 aliphatic heterocycles. The second-order valence-electron chi connectivity index (χ2n) is 8.17. The van der Waals surface area contributed by atoms with Crippen LogP contribution in [-0.4, -0.2) is 74.9 Å². The molecule has 0 aromatic heterocycles. The molecule has 0 unspecified atom stereocenters. The van der Waals surface area contributed by atoms with Crippen molar-refractivity contribution in [1.29, 1.82) is 0 Å². The molecule has 0 radical (unpaired) electrons. The molecule has 1 amide bonds. The minimum Gasteiger partial charge on any atom is -0.381 e. The van der Waals surface area contributed by atoms with Gasteiger partial charge in [0.15, 0.2) is 0 Å². The van der Waals surface area contributed by atoms with Crippen LogP contribution in [-0.2, 0) is 14.3 Å². The van der Waals surface area contributed by atoms with Gasteiger partial charge in [-0.2, -0.15) is 0 Å². The summed E-state index contributed by atoms with van der Waals surface area (Å²) in [4.78, 5) is 17.6. The number of hydrogen-bond acceptors (Lipinski definition) is 4. The average molecular weight is 322 g/mol. The highest BCUT2D eigenvalue weighted by molar-refractivity contribution is 5.82. The molecule has 23 heavy (non-hydrogen) atoms. The zero-order chi connectivity index (χ0) is 15.9. The van der Waals surface area contributed by atoms with Gasteiger partial charge in [0.2, 0.25) is 5.91 Å². The molecule has 2 atom stereocenters. The Morgan fingerprint density at radius 1 is 1.22 bits per heavy atom. The zero-order valence-corrected chi connectivity index (χ0v) is 14.3. The first-order valence-corrected chi connectivity index (χ1v) is 9.33. The Bertz CT molecular complexity index is 446. The summed E-state index contributed by atoms with van der Waals surface area (Å²) < 4.78 is 11.4. The topological polar surface area (TPSA) is 42.0 Å². The van der Waals surface area contributed by atoms with Crippen molar-refractivity contribution < 1.29 is 14.3 Å². The number of amides is 1. The van der Waals surface area contributed by atoms with Gasteiger partial charge in [0, 0.05) is 45.3 Å². The lowest BCUT2D eigenvalue weighted by Gasteiger charge is -2.34. The number of carbonyl (C=O) groups is 1. The number of morpholine rings is 1. The Labute approximate surface area is 139 Å². The second-order valence-corrected chi connectivity index (χ2v) is 8.17. The molecule has 4 rings (SSSR count). The van der Waals surface area contributed by atoms with E-state index in [2.05, 4.69) is 16.8 Å². The second kappa shape index (κ2) is 6.34. The van der Waals surface area contributed by atoms with E-state index >= 15 is 0 Å². The van der Waals surface area contributed by atoms with Crippen LogP contribution < -0.4 is 0 Å². The standard InChI is InChI=1S/C18H30N2O3/c1-19-6-9-23-15(12-19)13-20(11-14-2-3-14)17(21)16-10-18(16)4-7-22-8-5-18/h14-16H,2-13H2,1H3/t15-,16+/m1/s1. The maximum absolute atomic E-state index is 13.1. The highest BCUT2D eigenvalue weighted by Gasteiger charge is 2.59. The Morgan fingerprint density at radius 2 is 2.00 bits per heavy atom. The Balaban J connectivity index is 1.38. The van der Waals surface area contributed by atoms with Gasteiger partial charge < -0.3 is 19.3 Å². The van der Waals surface area contributed by atoms with Crippen molar-refractivity contribution in [2.75, 3.05) is 53.0 Å². The summed E-state index contributed by atoms with van der Waals surface area (Å²) >= 11 is 0. The van der Waals surface area contributed by atoms with Crippen molar-refractivity contribution >= 4 is 5.91 Å². The van der Waals surface area contributed by atoms with Gasteiger partial charge in [-0.3, -0.25) is 4.79 Å². The predicted octanol–water partition coefficient (Wildman–Crippen LogP) is 1.37. The Morgan fingerprint density at radius 3 is 2.70 bits per heavy atom. The molecule has 4 aliphatic rings. The van der Waals surface area contributed by atoms with E-state index in [0.717, 1.165) is 71.2 Å². The molecule has 0 aromatic carbocycles. The van der Waals surface area contributed by atoms with Crippen LogP contribution >= 0.6 is 0 Å². The first kappa shape index (κ1) is 15.9. The summed E-state index contributed by atoms with van der Waals surface area (Å²) in [5.74, 6) is 1.40. The normalized spacial score (nSPS) is 33.6. The summed E-state index contributed by atoms with van der Waals surface area (Å²) in [6, 6.07) is 0. The van der Waals surface area contributed by atoms with Crippen LogP contribution in [0.3, 0.4) is 0 Å². The van der Waals surface area contributed by atoms with Crippen molar-refractivity contribution in [3.05, 3.63) is 0 Å². The van der Waals surface area contributed by atoms with E-state index in [1.54, 1.807) is 0 Å². The lowest BCUT2D eigenvalue weighted by Crippen LogP contribution is -2.48. The lowest BCUT2D eigenvalue weighted by atomic mass is 9.93. The predicted molar refractivity (Wildman–Crippen MR) is 87.1 cm³/mol. The fourth-order valence-corrected chi connectivity index (χ4v) is 4.34. The van der Waals surface area contributed by atoms with E-state index < -0.39 is 0 Å². The van der Waals surface area contributed by atoms with Crippen LogP contribution in [0.25, 0.3) is 0 Å². The minimum absolute atomic E-state index is 0.181. The van der Waals surface area contributed by atoms with Gasteiger partial charge in [0.1, 0.15) is 0 Å². The van der Waals surface area contributed by atoms with Gasteiger partial charge in [0.25, 0.3) is 0 Å². The number of ether oxygens (including phenoxy) is 2. The van der Waals surface area contributed by atoms with E-state index in [0.29, 0.717) is 5.91 Å².